The Bertz CT molecular complexity index is 543. The van der Waals surface area contributed by atoms with Gasteiger partial charge in [0, 0.05) is 26.6 Å². The Morgan fingerprint density at radius 2 is 2.24 bits per heavy atom. The molecule has 0 bridgehead atoms. The van der Waals surface area contributed by atoms with Crippen LogP contribution in [0.3, 0.4) is 0 Å². The van der Waals surface area contributed by atoms with Crippen LogP contribution in [0.4, 0.5) is 0 Å². The van der Waals surface area contributed by atoms with Gasteiger partial charge in [-0.2, -0.15) is 0 Å². The molecule has 0 saturated carbocycles. The van der Waals surface area contributed by atoms with Crippen molar-refractivity contribution in [2.75, 3.05) is 7.11 Å². The Morgan fingerprint density at radius 1 is 1.47 bits per heavy atom. The molecule has 0 aliphatic rings. The van der Waals surface area contributed by atoms with Crippen LogP contribution in [-0.2, 0) is 18.4 Å². The fourth-order valence-corrected chi connectivity index (χ4v) is 1.86. The van der Waals surface area contributed by atoms with Crippen LogP contribution in [0.25, 0.3) is 11.6 Å². The molecule has 2 aromatic heterocycles. The zero-order chi connectivity index (χ0) is 12.4. The minimum atomic E-state index is 0.352. The van der Waals surface area contributed by atoms with Crippen molar-refractivity contribution in [3.63, 3.8) is 0 Å². The highest BCUT2D eigenvalue weighted by molar-refractivity contribution is 9.10. The zero-order valence-corrected chi connectivity index (χ0v) is 11.7. The van der Waals surface area contributed by atoms with E-state index in [-0.39, 0.29) is 0 Å². The van der Waals surface area contributed by atoms with Gasteiger partial charge >= 0.3 is 0 Å². The first-order valence-electron chi connectivity index (χ1n) is 4.82. The van der Waals surface area contributed by atoms with E-state index in [0.717, 1.165) is 0 Å². The molecular weight excluding hydrogens is 307 g/mol. The SMILES string of the molecule is COCc1nc(-c2nccn2C)nc(Cl)c1Br. The van der Waals surface area contributed by atoms with E-state index in [1.54, 1.807) is 13.3 Å². The number of aromatic nitrogens is 4. The smallest absolute Gasteiger partial charge is 0.197 e. The lowest BCUT2D eigenvalue weighted by atomic mass is 10.4. The number of rotatable bonds is 3. The average Bonchev–Trinajstić information content (AvgIpc) is 2.71. The maximum absolute atomic E-state index is 6.03. The topological polar surface area (TPSA) is 52.8 Å². The lowest BCUT2D eigenvalue weighted by Gasteiger charge is -2.07. The Labute approximate surface area is 112 Å². The van der Waals surface area contributed by atoms with Gasteiger partial charge in [0.15, 0.2) is 11.6 Å². The predicted octanol–water partition coefficient (Wildman–Crippen LogP) is 2.44. The van der Waals surface area contributed by atoms with Crippen molar-refractivity contribution in [2.24, 2.45) is 7.05 Å². The third-order valence-corrected chi connectivity index (χ3v) is 3.52. The first kappa shape index (κ1) is 12.5. The molecule has 2 heterocycles. The van der Waals surface area contributed by atoms with Gasteiger partial charge in [-0.1, -0.05) is 11.6 Å². The zero-order valence-electron chi connectivity index (χ0n) is 9.31. The summed E-state index contributed by atoms with van der Waals surface area (Å²) in [5.41, 5.74) is 0.700. The van der Waals surface area contributed by atoms with Crippen molar-refractivity contribution >= 4 is 27.5 Å². The van der Waals surface area contributed by atoms with Crippen molar-refractivity contribution in [3.8, 4) is 11.6 Å². The van der Waals surface area contributed by atoms with Crippen LogP contribution in [-0.4, -0.2) is 26.6 Å². The highest BCUT2D eigenvalue weighted by Gasteiger charge is 2.14. The molecule has 2 rings (SSSR count). The van der Waals surface area contributed by atoms with E-state index in [1.165, 1.54) is 0 Å². The molecule has 0 saturated heterocycles. The summed E-state index contributed by atoms with van der Waals surface area (Å²) in [4.78, 5) is 12.7. The van der Waals surface area contributed by atoms with Crippen molar-refractivity contribution in [3.05, 3.63) is 27.7 Å². The van der Waals surface area contributed by atoms with Crippen LogP contribution in [0.5, 0.6) is 0 Å². The number of halogens is 2. The molecule has 0 radical (unpaired) electrons. The molecule has 0 spiro atoms. The highest BCUT2D eigenvalue weighted by Crippen LogP contribution is 2.26. The molecule has 5 nitrogen and oxygen atoms in total. The van der Waals surface area contributed by atoms with Gasteiger partial charge in [0.2, 0.25) is 0 Å². The maximum atomic E-state index is 6.03. The molecular formula is C10H10BrClN4O. The second-order valence-corrected chi connectivity index (χ2v) is 4.54. The second-order valence-electron chi connectivity index (χ2n) is 3.39. The van der Waals surface area contributed by atoms with Crippen LogP contribution in [0.1, 0.15) is 5.69 Å². The fourth-order valence-electron chi connectivity index (χ4n) is 1.38. The van der Waals surface area contributed by atoms with Gasteiger partial charge < -0.3 is 9.30 Å². The molecule has 7 heteroatoms. The van der Waals surface area contributed by atoms with E-state index in [9.17, 15) is 0 Å². The summed E-state index contributed by atoms with van der Waals surface area (Å²) in [5, 5.41) is 0.352. The molecule has 0 fully saturated rings. The normalized spacial score (nSPS) is 10.8. The standard InChI is InChI=1S/C10H10BrClN4O/c1-16-4-3-13-10(16)9-14-6(5-17-2)7(11)8(12)15-9/h3-4H,5H2,1-2H3. The molecule has 0 amide bonds. The Hall–Kier alpha value is -0.980. The molecule has 0 unspecified atom stereocenters. The minimum Gasteiger partial charge on any atom is -0.378 e. The van der Waals surface area contributed by atoms with Crippen LogP contribution >= 0.6 is 27.5 Å². The third-order valence-electron chi connectivity index (χ3n) is 2.18. The number of imidazole rings is 1. The van der Waals surface area contributed by atoms with Gasteiger partial charge in [0.25, 0.3) is 0 Å². The van der Waals surface area contributed by atoms with Crippen LogP contribution in [0.2, 0.25) is 5.15 Å². The molecule has 90 valence electrons. The van der Waals surface area contributed by atoms with E-state index in [0.29, 0.717) is 33.6 Å². The number of ether oxygens (including phenoxy) is 1. The van der Waals surface area contributed by atoms with Crippen molar-refractivity contribution < 1.29 is 4.74 Å². The molecule has 0 aliphatic carbocycles. The van der Waals surface area contributed by atoms with Crippen LogP contribution < -0.4 is 0 Å². The number of methoxy groups -OCH3 is 1. The van der Waals surface area contributed by atoms with Crippen LogP contribution in [0, 0.1) is 0 Å². The summed E-state index contributed by atoms with van der Waals surface area (Å²) in [6.07, 6.45) is 3.51. The molecule has 17 heavy (non-hydrogen) atoms. The van der Waals surface area contributed by atoms with Gasteiger partial charge in [-0.3, -0.25) is 0 Å². The summed E-state index contributed by atoms with van der Waals surface area (Å²) in [6.45, 7) is 0.361. The van der Waals surface area contributed by atoms with Gasteiger partial charge in [-0.05, 0) is 15.9 Å². The van der Waals surface area contributed by atoms with Crippen molar-refractivity contribution in [1.29, 1.82) is 0 Å². The first-order chi connectivity index (χ1) is 8.13. The monoisotopic (exact) mass is 316 g/mol. The maximum Gasteiger partial charge on any atom is 0.197 e. The highest BCUT2D eigenvalue weighted by atomic mass is 79.9. The van der Waals surface area contributed by atoms with Crippen molar-refractivity contribution in [1.82, 2.24) is 19.5 Å². The van der Waals surface area contributed by atoms with E-state index in [2.05, 4.69) is 30.9 Å². The van der Waals surface area contributed by atoms with Gasteiger partial charge in [0.1, 0.15) is 5.15 Å². The fraction of sp³-hybridized carbons (Fsp3) is 0.300. The summed E-state index contributed by atoms with van der Waals surface area (Å²) in [6, 6.07) is 0. The van der Waals surface area contributed by atoms with Gasteiger partial charge in [0.05, 0.1) is 16.8 Å². The minimum absolute atomic E-state index is 0.352. The number of hydrogen-bond donors (Lipinski definition) is 0. The van der Waals surface area contributed by atoms with E-state index >= 15 is 0 Å². The lowest BCUT2D eigenvalue weighted by molar-refractivity contribution is 0.181. The summed E-state index contributed by atoms with van der Waals surface area (Å²) >= 11 is 9.37. The van der Waals surface area contributed by atoms with Crippen LogP contribution in [0.15, 0.2) is 16.9 Å². The van der Waals surface area contributed by atoms with Gasteiger partial charge in [-0.15, -0.1) is 0 Å². The van der Waals surface area contributed by atoms with E-state index in [1.807, 2.05) is 17.8 Å². The number of nitrogens with zero attached hydrogens (tertiary/aromatic N) is 4. The molecule has 0 atom stereocenters. The Balaban J connectivity index is 2.53. The average molecular weight is 318 g/mol. The molecule has 0 aliphatic heterocycles. The lowest BCUT2D eigenvalue weighted by Crippen LogP contribution is -2.03. The van der Waals surface area contributed by atoms with Crippen molar-refractivity contribution in [2.45, 2.75) is 6.61 Å². The summed E-state index contributed by atoms with van der Waals surface area (Å²) in [7, 11) is 3.47. The predicted molar refractivity (Wildman–Crippen MR) is 67.7 cm³/mol. The Kier molecular flexibility index (Phi) is 3.76. The third kappa shape index (κ3) is 2.48. The van der Waals surface area contributed by atoms with Gasteiger partial charge in [-0.25, -0.2) is 15.0 Å². The molecule has 0 aromatic carbocycles. The second kappa shape index (κ2) is 5.12. The Morgan fingerprint density at radius 3 is 2.82 bits per heavy atom. The number of aryl methyl sites for hydroxylation is 1. The largest absolute Gasteiger partial charge is 0.378 e. The van der Waals surface area contributed by atoms with E-state index < -0.39 is 0 Å². The summed E-state index contributed by atoms with van der Waals surface area (Å²) < 4.78 is 7.54. The molecule has 2 aromatic rings. The number of hydrogen-bond acceptors (Lipinski definition) is 4. The first-order valence-corrected chi connectivity index (χ1v) is 5.99. The quantitative estimate of drug-likeness (QED) is 0.816. The van der Waals surface area contributed by atoms with E-state index in [4.69, 9.17) is 16.3 Å². The molecule has 0 N–H and O–H groups in total. The summed E-state index contributed by atoms with van der Waals surface area (Å²) in [5.74, 6) is 1.15.